The summed E-state index contributed by atoms with van der Waals surface area (Å²) in [6.45, 7) is 26.7. The first-order chi connectivity index (χ1) is 24.8. The van der Waals surface area contributed by atoms with Gasteiger partial charge in [0.2, 0.25) is 0 Å². The highest BCUT2D eigenvalue weighted by atomic mass is 16.7. The number of ether oxygens (including phenoxy) is 4. The third kappa shape index (κ3) is 5.72. The highest BCUT2D eigenvalue weighted by Gasteiger charge is 2.84. The van der Waals surface area contributed by atoms with Crippen LogP contribution in [0.1, 0.15) is 133 Å². The fourth-order valence-electron chi connectivity index (χ4n) is 15.6. The second-order valence-electron chi connectivity index (χ2n) is 21.5. The number of nitrogens with zero attached hydrogens (tertiary/aromatic N) is 2. The van der Waals surface area contributed by atoms with E-state index in [1.165, 1.54) is 58.5 Å². The van der Waals surface area contributed by atoms with Gasteiger partial charge in [0.15, 0.2) is 12.4 Å². The van der Waals surface area contributed by atoms with Crippen LogP contribution in [0.25, 0.3) is 0 Å². The molecule has 8 rings (SSSR count). The molecular weight excluding hydrogens is 668 g/mol. The van der Waals surface area contributed by atoms with Crippen LogP contribution in [0, 0.1) is 50.7 Å². The third-order valence-corrected chi connectivity index (χ3v) is 18.2. The van der Waals surface area contributed by atoms with Crippen molar-refractivity contribution in [1.29, 1.82) is 0 Å². The maximum absolute atomic E-state index is 12.7. The molecule has 0 bridgehead atoms. The van der Waals surface area contributed by atoms with E-state index >= 15 is 0 Å². The molecule has 9 nitrogen and oxygen atoms in total. The number of esters is 1. The summed E-state index contributed by atoms with van der Waals surface area (Å²) in [4.78, 5) is 17.4. The van der Waals surface area contributed by atoms with Crippen LogP contribution in [0.2, 0.25) is 0 Å². The molecule has 3 heterocycles. The van der Waals surface area contributed by atoms with E-state index in [-0.39, 0.29) is 52.0 Å². The lowest BCUT2D eigenvalue weighted by Crippen LogP contribution is -2.60. The van der Waals surface area contributed by atoms with Crippen LogP contribution >= 0.6 is 0 Å². The predicted molar refractivity (Wildman–Crippen MR) is 204 cm³/mol. The number of aliphatic hydroxyl groups excluding tert-OH is 1. The third-order valence-electron chi connectivity index (χ3n) is 18.2. The van der Waals surface area contributed by atoms with E-state index in [4.69, 9.17) is 18.9 Å². The van der Waals surface area contributed by atoms with Gasteiger partial charge in [-0.15, -0.1) is 0 Å². The Kier molecular flexibility index (Phi) is 9.65. The van der Waals surface area contributed by atoms with Gasteiger partial charge in [-0.1, -0.05) is 34.6 Å². The van der Waals surface area contributed by atoms with Crippen molar-refractivity contribution < 1.29 is 34.0 Å². The topological polar surface area (TPSA) is 101 Å². The van der Waals surface area contributed by atoms with Gasteiger partial charge in [0, 0.05) is 37.5 Å². The van der Waals surface area contributed by atoms with E-state index in [2.05, 4.69) is 58.3 Å². The number of morpholine rings is 1. The lowest BCUT2D eigenvalue weighted by atomic mass is 9.41. The van der Waals surface area contributed by atoms with Gasteiger partial charge in [0.05, 0.1) is 36.6 Å². The summed E-state index contributed by atoms with van der Waals surface area (Å²) in [5.41, 5.74) is -0.939. The minimum atomic E-state index is -1.25. The van der Waals surface area contributed by atoms with Crippen LogP contribution < -0.4 is 0 Å². The Morgan fingerprint density at radius 1 is 0.943 bits per heavy atom. The zero-order chi connectivity index (χ0) is 38.1. The Balaban J connectivity index is 0.978. The van der Waals surface area contributed by atoms with Crippen LogP contribution in [0.4, 0.5) is 0 Å². The molecule has 0 aromatic carbocycles. The van der Waals surface area contributed by atoms with E-state index in [0.29, 0.717) is 35.8 Å². The molecule has 3 aliphatic heterocycles. The summed E-state index contributed by atoms with van der Waals surface area (Å²) >= 11 is 0. The average molecular weight is 743 g/mol. The molecule has 2 spiro atoms. The number of carbonyl (C=O) groups is 1. The quantitative estimate of drug-likeness (QED) is 0.287. The Morgan fingerprint density at radius 3 is 2.28 bits per heavy atom. The molecule has 53 heavy (non-hydrogen) atoms. The van der Waals surface area contributed by atoms with E-state index in [1.807, 2.05) is 0 Å². The van der Waals surface area contributed by atoms with Crippen LogP contribution in [0.15, 0.2) is 0 Å². The molecule has 0 aromatic heterocycles. The highest BCUT2D eigenvalue weighted by Crippen LogP contribution is 2.89. The fraction of sp³-hybridized carbons (Fsp3) is 0.977. The molecule has 2 N–H and O–H groups in total. The summed E-state index contributed by atoms with van der Waals surface area (Å²) in [7, 11) is 0. The summed E-state index contributed by atoms with van der Waals surface area (Å²) in [5, 5.41) is 23.7. The molecule has 3 saturated heterocycles. The van der Waals surface area contributed by atoms with Crippen molar-refractivity contribution in [1.82, 2.24) is 9.80 Å². The second kappa shape index (κ2) is 13.1. The number of carbonyl (C=O) groups excluding carboxylic acids is 1. The molecule has 14 atom stereocenters. The predicted octanol–water partition coefficient (Wildman–Crippen LogP) is 6.42. The lowest BCUT2D eigenvalue weighted by molar-refractivity contribution is -0.251. The summed E-state index contributed by atoms with van der Waals surface area (Å²) in [6.07, 6.45) is 9.33. The molecule has 5 aliphatic carbocycles. The molecule has 9 heteroatoms. The Labute approximate surface area is 320 Å². The van der Waals surface area contributed by atoms with Crippen molar-refractivity contribution >= 4 is 5.97 Å². The molecule has 5 saturated carbocycles. The van der Waals surface area contributed by atoms with E-state index in [0.717, 1.165) is 39.0 Å². The summed E-state index contributed by atoms with van der Waals surface area (Å²) < 4.78 is 26.0. The minimum Gasteiger partial charge on any atom is -0.457 e. The van der Waals surface area contributed by atoms with Gasteiger partial charge in [-0.2, -0.15) is 0 Å². The van der Waals surface area contributed by atoms with E-state index in [1.54, 1.807) is 13.8 Å². The van der Waals surface area contributed by atoms with Crippen molar-refractivity contribution in [2.45, 2.75) is 188 Å². The molecule has 0 aromatic rings. The first-order valence-corrected chi connectivity index (χ1v) is 21.8. The first kappa shape index (κ1) is 39.0. The SMILES string of the molecule is CC(=O)O[C@@H](C1C[C@@H](C)[C@H]2C(O1)[C@H](O)[C@@]1(C)C3CC[C@H]4C(C)(C)[C@@H](O[C@H]5CN(C6CCN(C(C)C)CC6)CCO5)CC[C@@]45C[C@@]35CC[C@]21C)C(C)(C)O. The average Bonchev–Trinajstić information content (AvgIpc) is 3.72. The molecule has 0 radical (unpaired) electrons. The highest BCUT2D eigenvalue weighted by molar-refractivity contribution is 5.66. The van der Waals surface area contributed by atoms with Gasteiger partial charge in [-0.05, 0) is 150 Å². The number of hydrogen-bond acceptors (Lipinski definition) is 9. The summed E-state index contributed by atoms with van der Waals surface area (Å²) in [5.74, 6) is 1.14. The molecule has 3 unspecified atom stereocenters. The smallest absolute Gasteiger partial charge is 0.303 e. The van der Waals surface area contributed by atoms with Crippen LogP contribution in [0.5, 0.6) is 0 Å². The van der Waals surface area contributed by atoms with E-state index in [9.17, 15) is 15.0 Å². The first-order valence-electron chi connectivity index (χ1n) is 21.8. The van der Waals surface area contributed by atoms with Crippen LogP contribution in [-0.4, -0.2) is 113 Å². The normalized spacial score (nSPS) is 49.3. The Hall–Kier alpha value is -0.810. The monoisotopic (exact) mass is 743 g/mol. The van der Waals surface area contributed by atoms with Crippen LogP contribution in [0.3, 0.4) is 0 Å². The maximum atomic E-state index is 12.7. The number of fused-ring (bicyclic) bond motifs is 4. The van der Waals surface area contributed by atoms with Gasteiger partial charge in [-0.25, -0.2) is 0 Å². The standard InChI is InChI=1S/C44H74N2O7/c1-26(2)45-19-14-29(15-20-45)46-21-22-50-34(24-46)53-33-13-16-43-25-44(43)18-17-41(9)35-27(3)23-30(38(40(7,8)49)51-28(4)47)52-36(35)37(48)42(41,10)32(44)12-11-31(43)39(33,5)6/h26-27,29-38,48-49H,11-25H2,1-10H3/t27-,30?,31+,32?,33+,34+,35+,36?,37+,38+,41-,42-,43-,44+/m1/s1. The lowest BCUT2D eigenvalue weighted by Gasteiger charge is -2.64. The van der Waals surface area contributed by atoms with E-state index < -0.39 is 29.9 Å². The Bertz CT molecular complexity index is 1390. The number of rotatable bonds is 7. The van der Waals surface area contributed by atoms with Crippen molar-refractivity contribution in [3.63, 3.8) is 0 Å². The van der Waals surface area contributed by atoms with Gasteiger partial charge < -0.3 is 34.1 Å². The van der Waals surface area contributed by atoms with Gasteiger partial charge in [0.25, 0.3) is 0 Å². The number of likely N-dealkylation sites (tertiary alicyclic amines) is 1. The van der Waals surface area contributed by atoms with Crippen molar-refractivity contribution in [2.24, 2.45) is 50.7 Å². The molecule has 8 fully saturated rings. The van der Waals surface area contributed by atoms with Gasteiger partial charge in [-0.3, -0.25) is 9.69 Å². The van der Waals surface area contributed by atoms with Crippen molar-refractivity contribution in [2.75, 3.05) is 32.8 Å². The maximum Gasteiger partial charge on any atom is 0.303 e. The number of aliphatic hydroxyl groups is 2. The molecule has 0 amide bonds. The fourth-order valence-corrected chi connectivity index (χ4v) is 15.6. The van der Waals surface area contributed by atoms with Gasteiger partial charge in [0.1, 0.15) is 0 Å². The summed E-state index contributed by atoms with van der Waals surface area (Å²) in [6, 6.07) is 1.26. The van der Waals surface area contributed by atoms with Crippen LogP contribution in [-0.2, 0) is 23.7 Å². The minimum absolute atomic E-state index is 0.0505. The molecular formula is C44H74N2O7. The number of hydrogen-bond donors (Lipinski definition) is 2. The van der Waals surface area contributed by atoms with Gasteiger partial charge >= 0.3 is 5.97 Å². The number of piperidine rings is 1. The molecule has 8 aliphatic rings. The zero-order valence-electron chi connectivity index (χ0n) is 34.9. The zero-order valence-corrected chi connectivity index (χ0v) is 34.9. The second-order valence-corrected chi connectivity index (χ2v) is 21.5. The molecule has 302 valence electrons. The van der Waals surface area contributed by atoms with Crippen molar-refractivity contribution in [3.8, 4) is 0 Å². The largest absolute Gasteiger partial charge is 0.457 e. The Morgan fingerprint density at radius 2 is 1.62 bits per heavy atom. The van der Waals surface area contributed by atoms with Crippen molar-refractivity contribution in [3.05, 3.63) is 0 Å².